The van der Waals surface area contributed by atoms with Crippen LogP contribution in [0.5, 0.6) is 0 Å². The average Bonchev–Trinajstić information content (AvgIpc) is 3.20. The molecule has 0 aliphatic rings. The summed E-state index contributed by atoms with van der Waals surface area (Å²) in [7, 11) is 0. The molecule has 114 valence electrons. The number of rotatable bonds is 6. The largest absolute Gasteiger partial charge is 0.467 e. The molecule has 1 aromatic carbocycles. The number of H-pyrrole nitrogens is 1. The van der Waals surface area contributed by atoms with Crippen molar-refractivity contribution in [3.8, 4) is 0 Å². The number of hydrogen-bond acceptors (Lipinski definition) is 4. The average molecular weight is 298 g/mol. The highest BCUT2D eigenvalue weighted by Gasteiger charge is 2.12. The van der Waals surface area contributed by atoms with E-state index < -0.39 is 0 Å². The quantitative estimate of drug-likeness (QED) is 0.649. The standard InChI is InChI=1S/C16H18N4O2/c1-11(16(21)18-10-14-3-2-6-22-14)17-8-12-4-5-13-9-19-20-15(13)7-12/h2-7,9,11,17H,8,10H2,1H3,(H,18,21)(H,19,20). The van der Waals surface area contributed by atoms with E-state index in [0.29, 0.717) is 13.1 Å². The molecule has 6 heteroatoms. The van der Waals surface area contributed by atoms with Gasteiger partial charge < -0.3 is 15.1 Å². The Hall–Kier alpha value is -2.60. The molecule has 3 rings (SSSR count). The number of aromatic nitrogens is 2. The van der Waals surface area contributed by atoms with E-state index in [0.717, 1.165) is 22.2 Å². The summed E-state index contributed by atoms with van der Waals surface area (Å²) in [5.41, 5.74) is 2.09. The summed E-state index contributed by atoms with van der Waals surface area (Å²) in [6.45, 7) is 2.86. The number of aromatic amines is 1. The third kappa shape index (κ3) is 3.35. The van der Waals surface area contributed by atoms with Crippen LogP contribution < -0.4 is 10.6 Å². The number of nitrogens with zero attached hydrogens (tertiary/aromatic N) is 1. The van der Waals surface area contributed by atoms with Crippen molar-refractivity contribution < 1.29 is 9.21 Å². The summed E-state index contributed by atoms with van der Waals surface area (Å²) >= 11 is 0. The van der Waals surface area contributed by atoms with E-state index in [9.17, 15) is 4.79 Å². The van der Waals surface area contributed by atoms with Crippen LogP contribution in [0.1, 0.15) is 18.2 Å². The normalized spacial score (nSPS) is 12.4. The molecule has 1 unspecified atom stereocenters. The molecule has 3 aromatic rings. The fraction of sp³-hybridized carbons (Fsp3) is 0.250. The van der Waals surface area contributed by atoms with Gasteiger partial charge in [0.25, 0.3) is 0 Å². The Kier molecular flexibility index (Phi) is 4.20. The molecule has 2 heterocycles. The number of carbonyl (C=O) groups excluding carboxylic acids is 1. The zero-order valence-corrected chi connectivity index (χ0v) is 12.3. The van der Waals surface area contributed by atoms with Gasteiger partial charge in [0.1, 0.15) is 5.76 Å². The van der Waals surface area contributed by atoms with E-state index in [-0.39, 0.29) is 11.9 Å². The van der Waals surface area contributed by atoms with Gasteiger partial charge in [-0.3, -0.25) is 9.89 Å². The van der Waals surface area contributed by atoms with Crippen LogP contribution in [0, 0.1) is 0 Å². The molecular weight excluding hydrogens is 280 g/mol. The van der Waals surface area contributed by atoms with E-state index in [1.807, 2.05) is 31.2 Å². The van der Waals surface area contributed by atoms with Crippen molar-refractivity contribution in [3.05, 3.63) is 54.1 Å². The van der Waals surface area contributed by atoms with Crippen LogP contribution in [0.15, 0.2) is 47.2 Å². The summed E-state index contributed by atoms with van der Waals surface area (Å²) < 4.78 is 5.18. The highest BCUT2D eigenvalue weighted by atomic mass is 16.3. The summed E-state index contributed by atoms with van der Waals surface area (Å²) in [4.78, 5) is 12.0. The van der Waals surface area contributed by atoms with Crippen LogP contribution in [0.3, 0.4) is 0 Å². The maximum Gasteiger partial charge on any atom is 0.237 e. The number of fused-ring (bicyclic) bond motifs is 1. The monoisotopic (exact) mass is 298 g/mol. The van der Waals surface area contributed by atoms with Crippen molar-refractivity contribution in [1.29, 1.82) is 0 Å². The van der Waals surface area contributed by atoms with Crippen LogP contribution >= 0.6 is 0 Å². The van der Waals surface area contributed by atoms with Gasteiger partial charge in [0, 0.05) is 11.9 Å². The van der Waals surface area contributed by atoms with Gasteiger partial charge in [0.05, 0.1) is 30.6 Å². The van der Waals surface area contributed by atoms with Gasteiger partial charge in [-0.05, 0) is 30.7 Å². The van der Waals surface area contributed by atoms with Gasteiger partial charge in [-0.1, -0.05) is 12.1 Å². The minimum Gasteiger partial charge on any atom is -0.467 e. The first-order chi connectivity index (χ1) is 10.7. The Morgan fingerprint density at radius 3 is 3.09 bits per heavy atom. The Morgan fingerprint density at radius 1 is 1.36 bits per heavy atom. The van der Waals surface area contributed by atoms with E-state index in [1.165, 1.54) is 0 Å². The summed E-state index contributed by atoms with van der Waals surface area (Å²) in [6, 6.07) is 9.41. The first-order valence-corrected chi connectivity index (χ1v) is 7.18. The van der Waals surface area contributed by atoms with Crippen LogP contribution in [0.25, 0.3) is 10.9 Å². The number of hydrogen-bond donors (Lipinski definition) is 3. The van der Waals surface area contributed by atoms with Crippen molar-refractivity contribution in [1.82, 2.24) is 20.8 Å². The number of furan rings is 1. The molecule has 22 heavy (non-hydrogen) atoms. The van der Waals surface area contributed by atoms with Gasteiger partial charge in [-0.25, -0.2) is 0 Å². The van der Waals surface area contributed by atoms with Crippen molar-refractivity contribution in [3.63, 3.8) is 0 Å². The lowest BCUT2D eigenvalue weighted by atomic mass is 10.1. The van der Waals surface area contributed by atoms with E-state index >= 15 is 0 Å². The van der Waals surface area contributed by atoms with E-state index in [2.05, 4.69) is 20.8 Å². The van der Waals surface area contributed by atoms with Crippen LogP contribution in [0.2, 0.25) is 0 Å². The molecule has 1 atom stereocenters. The highest BCUT2D eigenvalue weighted by molar-refractivity contribution is 5.81. The van der Waals surface area contributed by atoms with Gasteiger partial charge in [0.15, 0.2) is 0 Å². The lowest BCUT2D eigenvalue weighted by molar-refractivity contribution is -0.123. The second-order valence-corrected chi connectivity index (χ2v) is 5.19. The fourth-order valence-corrected chi connectivity index (χ4v) is 2.20. The van der Waals surface area contributed by atoms with Gasteiger partial charge in [-0.2, -0.15) is 5.10 Å². The van der Waals surface area contributed by atoms with E-state index in [1.54, 1.807) is 18.5 Å². The molecule has 0 spiro atoms. The Morgan fingerprint density at radius 2 is 2.27 bits per heavy atom. The minimum atomic E-state index is -0.285. The zero-order valence-electron chi connectivity index (χ0n) is 12.3. The molecule has 0 saturated carbocycles. The maximum atomic E-state index is 12.0. The highest BCUT2D eigenvalue weighted by Crippen LogP contribution is 2.12. The molecule has 0 aliphatic heterocycles. The van der Waals surface area contributed by atoms with Crippen molar-refractivity contribution in [2.75, 3.05) is 0 Å². The lowest BCUT2D eigenvalue weighted by Gasteiger charge is -2.13. The first-order valence-electron chi connectivity index (χ1n) is 7.18. The summed E-state index contributed by atoms with van der Waals surface area (Å²) in [5, 5.41) is 14.1. The van der Waals surface area contributed by atoms with Gasteiger partial charge in [0.2, 0.25) is 5.91 Å². The Labute approximate surface area is 127 Å². The van der Waals surface area contributed by atoms with Crippen molar-refractivity contribution in [2.45, 2.75) is 26.1 Å². The number of benzene rings is 1. The molecular formula is C16H18N4O2. The summed E-state index contributed by atoms with van der Waals surface area (Å²) in [5.74, 6) is 0.685. The Balaban J connectivity index is 1.50. The smallest absolute Gasteiger partial charge is 0.237 e. The van der Waals surface area contributed by atoms with Crippen LogP contribution in [0.4, 0.5) is 0 Å². The molecule has 0 aliphatic carbocycles. The third-order valence-corrected chi connectivity index (χ3v) is 3.53. The SMILES string of the molecule is CC(NCc1ccc2cn[nH]c2c1)C(=O)NCc1ccco1. The second-order valence-electron chi connectivity index (χ2n) is 5.19. The molecule has 0 saturated heterocycles. The predicted octanol–water partition coefficient (Wildman–Crippen LogP) is 1.95. The molecule has 6 nitrogen and oxygen atoms in total. The topological polar surface area (TPSA) is 83.0 Å². The second kappa shape index (κ2) is 6.44. The van der Waals surface area contributed by atoms with Crippen molar-refractivity contribution in [2.24, 2.45) is 0 Å². The molecule has 0 radical (unpaired) electrons. The van der Waals surface area contributed by atoms with Crippen LogP contribution in [-0.2, 0) is 17.9 Å². The van der Waals surface area contributed by atoms with Crippen molar-refractivity contribution >= 4 is 16.8 Å². The molecule has 0 fully saturated rings. The molecule has 2 aromatic heterocycles. The Bertz CT molecular complexity index is 748. The maximum absolute atomic E-state index is 12.0. The number of nitrogens with one attached hydrogen (secondary N) is 3. The van der Waals surface area contributed by atoms with Gasteiger partial charge >= 0.3 is 0 Å². The molecule has 3 N–H and O–H groups in total. The minimum absolute atomic E-state index is 0.0565. The third-order valence-electron chi connectivity index (χ3n) is 3.53. The molecule has 0 bridgehead atoms. The summed E-state index contributed by atoms with van der Waals surface area (Å²) in [6.07, 6.45) is 3.38. The first kappa shape index (κ1) is 14.3. The number of carbonyl (C=O) groups is 1. The zero-order chi connectivity index (χ0) is 15.4. The number of amides is 1. The van der Waals surface area contributed by atoms with Crippen LogP contribution in [-0.4, -0.2) is 22.1 Å². The lowest BCUT2D eigenvalue weighted by Crippen LogP contribution is -2.41. The molecule has 1 amide bonds. The predicted molar refractivity (Wildman–Crippen MR) is 83.0 cm³/mol. The van der Waals surface area contributed by atoms with Gasteiger partial charge in [-0.15, -0.1) is 0 Å². The fourth-order valence-electron chi connectivity index (χ4n) is 2.20. The van der Waals surface area contributed by atoms with E-state index in [4.69, 9.17) is 4.42 Å².